The lowest BCUT2D eigenvalue weighted by Crippen LogP contribution is -2.61. The Balaban J connectivity index is 1.28. The zero-order chi connectivity index (χ0) is 15.7. The Hall–Kier alpha value is -1.53. The smallest absolute Gasteiger partial charge is 0.227 e. The standard InChI is InChI=1S/C17H18N2O2S2/c20-16(6-13-3-5-22-9-13)19-11-17(12-19)7-15(10-23-17)21-14-2-1-4-18-8-14/h1-5,8-9,15H,6-7,10-12H2/t15-/m0/s1. The summed E-state index contributed by atoms with van der Waals surface area (Å²) in [7, 11) is 0. The van der Waals surface area contributed by atoms with Gasteiger partial charge in [-0.25, -0.2) is 0 Å². The van der Waals surface area contributed by atoms with Crippen LogP contribution in [0.3, 0.4) is 0 Å². The number of carbonyl (C=O) groups is 1. The molecule has 0 aromatic carbocycles. The van der Waals surface area contributed by atoms with E-state index < -0.39 is 0 Å². The van der Waals surface area contributed by atoms with E-state index in [-0.39, 0.29) is 16.8 Å². The number of nitrogens with zero attached hydrogens (tertiary/aromatic N) is 2. The Bertz CT molecular complexity index is 669. The maximum atomic E-state index is 12.3. The quantitative estimate of drug-likeness (QED) is 0.854. The molecule has 0 unspecified atom stereocenters. The van der Waals surface area contributed by atoms with Crippen LogP contribution in [0.25, 0.3) is 0 Å². The molecule has 0 bridgehead atoms. The second-order valence-corrected chi connectivity index (χ2v) is 8.45. The van der Waals surface area contributed by atoms with Crippen LogP contribution in [0.5, 0.6) is 5.75 Å². The first-order valence-corrected chi connectivity index (χ1v) is 9.65. The first-order chi connectivity index (χ1) is 11.2. The molecule has 2 aliphatic rings. The van der Waals surface area contributed by atoms with Gasteiger partial charge in [0.15, 0.2) is 0 Å². The second kappa shape index (κ2) is 6.17. The van der Waals surface area contributed by atoms with E-state index >= 15 is 0 Å². The van der Waals surface area contributed by atoms with Crippen LogP contribution in [0.2, 0.25) is 0 Å². The number of rotatable bonds is 4. The summed E-state index contributed by atoms with van der Waals surface area (Å²) in [5.74, 6) is 2.06. The Morgan fingerprint density at radius 2 is 2.35 bits per heavy atom. The summed E-state index contributed by atoms with van der Waals surface area (Å²) >= 11 is 3.59. The molecule has 0 saturated carbocycles. The highest BCUT2D eigenvalue weighted by Gasteiger charge is 2.51. The van der Waals surface area contributed by atoms with E-state index in [9.17, 15) is 4.79 Å². The lowest BCUT2D eigenvalue weighted by atomic mass is 9.92. The third-order valence-electron chi connectivity index (χ3n) is 4.36. The third kappa shape index (κ3) is 3.23. The van der Waals surface area contributed by atoms with Gasteiger partial charge in [-0.2, -0.15) is 11.3 Å². The van der Waals surface area contributed by atoms with Gasteiger partial charge in [0.1, 0.15) is 11.9 Å². The number of carbonyl (C=O) groups excluding carboxylic acids is 1. The van der Waals surface area contributed by atoms with Crippen molar-refractivity contribution >= 4 is 29.0 Å². The lowest BCUT2D eigenvalue weighted by Gasteiger charge is -2.47. The van der Waals surface area contributed by atoms with E-state index in [2.05, 4.69) is 10.4 Å². The Labute approximate surface area is 143 Å². The molecule has 0 aliphatic carbocycles. The monoisotopic (exact) mass is 346 g/mol. The van der Waals surface area contributed by atoms with Gasteiger partial charge in [0.2, 0.25) is 5.91 Å². The van der Waals surface area contributed by atoms with Crippen LogP contribution < -0.4 is 4.74 Å². The first-order valence-electron chi connectivity index (χ1n) is 7.72. The third-order valence-corrected chi connectivity index (χ3v) is 6.67. The maximum absolute atomic E-state index is 12.3. The van der Waals surface area contributed by atoms with Crippen molar-refractivity contribution in [1.29, 1.82) is 0 Å². The molecule has 4 rings (SSSR count). The summed E-state index contributed by atoms with van der Waals surface area (Å²) in [6, 6.07) is 5.86. The molecule has 1 spiro atoms. The number of thiophene rings is 1. The summed E-state index contributed by atoms with van der Waals surface area (Å²) in [5.41, 5.74) is 1.12. The zero-order valence-electron chi connectivity index (χ0n) is 12.7. The van der Waals surface area contributed by atoms with Crippen LogP contribution in [0.4, 0.5) is 0 Å². The molecule has 120 valence electrons. The number of thioether (sulfide) groups is 1. The normalized spacial score (nSPS) is 22.1. The zero-order valence-corrected chi connectivity index (χ0v) is 14.3. The molecule has 4 nitrogen and oxygen atoms in total. The fourth-order valence-corrected chi connectivity index (χ4v) is 5.41. The summed E-state index contributed by atoms with van der Waals surface area (Å²) in [5, 5.41) is 4.07. The van der Waals surface area contributed by atoms with Gasteiger partial charge in [0.25, 0.3) is 0 Å². The van der Waals surface area contributed by atoms with Gasteiger partial charge in [0.05, 0.1) is 17.4 Å². The van der Waals surface area contributed by atoms with Crippen molar-refractivity contribution in [2.75, 3.05) is 18.8 Å². The largest absolute Gasteiger partial charge is 0.488 e. The molecule has 1 atom stereocenters. The van der Waals surface area contributed by atoms with E-state index in [1.165, 1.54) is 0 Å². The molecule has 0 N–H and O–H groups in total. The summed E-state index contributed by atoms with van der Waals surface area (Å²) in [4.78, 5) is 18.4. The average molecular weight is 346 g/mol. The molecule has 2 aromatic heterocycles. The minimum absolute atomic E-state index is 0.206. The predicted molar refractivity (Wildman–Crippen MR) is 93.1 cm³/mol. The van der Waals surface area contributed by atoms with Crippen molar-refractivity contribution in [3.63, 3.8) is 0 Å². The van der Waals surface area contributed by atoms with Crippen molar-refractivity contribution in [3.8, 4) is 5.75 Å². The number of aromatic nitrogens is 1. The Morgan fingerprint density at radius 1 is 1.43 bits per heavy atom. The summed E-state index contributed by atoms with van der Waals surface area (Å²) < 4.78 is 6.21. The molecular weight excluding hydrogens is 328 g/mol. The molecule has 2 fully saturated rings. The van der Waals surface area contributed by atoms with Gasteiger partial charge in [-0.1, -0.05) is 0 Å². The molecule has 4 heterocycles. The molecular formula is C17H18N2O2S2. The van der Waals surface area contributed by atoms with Crippen molar-refractivity contribution in [2.24, 2.45) is 0 Å². The van der Waals surface area contributed by atoms with Gasteiger partial charge in [-0.05, 0) is 34.5 Å². The van der Waals surface area contributed by atoms with Crippen molar-refractivity contribution in [1.82, 2.24) is 9.88 Å². The molecule has 1 amide bonds. The SMILES string of the molecule is O=C(Cc1ccsc1)N1CC2(C[C@H](Oc3cccnc3)CS2)C1. The summed E-state index contributed by atoms with van der Waals surface area (Å²) in [6.45, 7) is 1.71. The number of amides is 1. The molecule has 6 heteroatoms. The van der Waals surface area contributed by atoms with E-state index in [0.29, 0.717) is 6.42 Å². The molecule has 23 heavy (non-hydrogen) atoms. The fourth-order valence-electron chi connectivity index (χ4n) is 3.21. The van der Waals surface area contributed by atoms with E-state index in [0.717, 1.165) is 36.6 Å². The fraction of sp³-hybridized carbons (Fsp3) is 0.412. The Kier molecular flexibility index (Phi) is 4.03. The van der Waals surface area contributed by atoms with Crippen molar-refractivity contribution in [3.05, 3.63) is 46.9 Å². The lowest BCUT2D eigenvalue weighted by molar-refractivity contribution is -0.135. The van der Waals surface area contributed by atoms with Gasteiger partial charge in [-0.15, -0.1) is 11.8 Å². The van der Waals surface area contributed by atoms with Gasteiger partial charge < -0.3 is 9.64 Å². The minimum Gasteiger partial charge on any atom is -0.488 e. The van der Waals surface area contributed by atoms with E-state index in [4.69, 9.17) is 4.74 Å². The van der Waals surface area contributed by atoms with Crippen molar-refractivity contribution in [2.45, 2.75) is 23.7 Å². The van der Waals surface area contributed by atoms with Crippen LogP contribution in [0, 0.1) is 0 Å². The molecule has 2 saturated heterocycles. The molecule has 2 aliphatic heterocycles. The van der Waals surface area contributed by atoms with Crippen LogP contribution in [-0.4, -0.2) is 45.5 Å². The van der Waals surface area contributed by atoms with Gasteiger partial charge in [0, 0.05) is 31.5 Å². The molecule has 2 aromatic rings. The first kappa shape index (κ1) is 15.0. The number of ether oxygens (including phenoxy) is 1. The number of hydrogen-bond acceptors (Lipinski definition) is 5. The number of likely N-dealkylation sites (tertiary alicyclic amines) is 1. The van der Waals surface area contributed by atoms with Crippen LogP contribution in [0.15, 0.2) is 41.4 Å². The number of pyridine rings is 1. The highest BCUT2D eigenvalue weighted by molar-refractivity contribution is 8.01. The predicted octanol–water partition coefficient (Wildman–Crippen LogP) is 2.85. The Morgan fingerprint density at radius 3 is 3.09 bits per heavy atom. The summed E-state index contributed by atoms with van der Waals surface area (Å²) in [6.07, 6.45) is 5.26. The maximum Gasteiger partial charge on any atom is 0.227 e. The number of hydrogen-bond donors (Lipinski definition) is 0. The van der Waals surface area contributed by atoms with Crippen LogP contribution >= 0.6 is 23.1 Å². The van der Waals surface area contributed by atoms with Crippen molar-refractivity contribution < 1.29 is 9.53 Å². The van der Waals surface area contributed by atoms with E-state index in [1.807, 2.05) is 40.2 Å². The van der Waals surface area contributed by atoms with Gasteiger partial charge >= 0.3 is 0 Å². The van der Waals surface area contributed by atoms with Gasteiger partial charge in [-0.3, -0.25) is 9.78 Å². The molecule has 0 radical (unpaired) electrons. The van der Waals surface area contributed by atoms with E-state index in [1.54, 1.807) is 23.7 Å². The second-order valence-electron chi connectivity index (χ2n) is 6.18. The average Bonchev–Trinajstić information content (AvgIpc) is 3.16. The highest BCUT2D eigenvalue weighted by atomic mass is 32.2. The van der Waals surface area contributed by atoms with Crippen LogP contribution in [0.1, 0.15) is 12.0 Å². The van der Waals surface area contributed by atoms with Crippen LogP contribution in [-0.2, 0) is 11.2 Å². The minimum atomic E-state index is 0.206. The topological polar surface area (TPSA) is 42.4 Å². The highest BCUT2D eigenvalue weighted by Crippen LogP contribution is 2.46.